The van der Waals surface area contributed by atoms with E-state index in [0.29, 0.717) is 19.3 Å². The second kappa shape index (κ2) is 9.45. The fourth-order valence-electron chi connectivity index (χ4n) is 11.9. The summed E-state index contributed by atoms with van der Waals surface area (Å²) in [5, 5.41) is 42.9. The van der Waals surface area contributed by atoms with Crippen molar-refractivity contribution in [3.8, 4) is 0 Å². The molecule has 4 saturated carbocycles. The Hall–Kier alpha value is -1.20. The van der Waals surface area contributed by atoms with Gasteiger partial charge in [0.2, 0.25) is 0 Å². The maximum absolute atomic E-state index is 13.9. The van der Waals surface area contributed by atoms with Crippen LogP contribution < -0.4 is 0 Å². The van der Waals surface area contributed by atoms with E-state index in [1.54, 1.807) is 0 Å². The maximum Gasteiger partial charge on any atom is 0.186 e. The smallest absolute Gasteiger partial charge is 0.186 e. The average molecular weight is 617 g/mol. The molecule has 246 valence electrons. The third-order valence-corrected chi connectivity index (χ3v) is 14.4. The lowest BCUT2D eigenvalue weighted by molar-refractivity contribution is -0.301. The molecule has 0 bridgehead atoms. The maximum atomic E-state index is 13.9. The van der Waals surface area contributed by atoms with Gasteiger partial charge in [0, 0.05) is 29.6 Å². The Bertz CT molecular complexity index is 1290. The number of ether oxygens (including phenoxy) is 3. The molecule has 0 aromatic rings. The molecular formula is C35H52O9. The summed E-state index contributed by atoms with van der Waals surface area (Å²) in [5.74, 6) is 0.0812. The van der Waals surface area contributed by atoms with Crippen molar-refractivity contribution >= 4 is 11.6 Å². The zero-order chi connectivity index (χ0) is 32.0. The van der Waals surface area contributed by atoms with Crippen molar-refractivity contribution < 1.29 is 44.2 Å². The number of fused-ring (bicyclic) bond motifs is 2. The van der Waals surface area contributed by atoms with Crippen molar-refractivity contribution in [2.45, 2.75) is 142 Å². The number of carbonyl (C=O) groups excluding carboxylic acids is 2. The van der Waals surface area contributed by atoms with E-state index in [1.165, 1.54) is 5.57 Å². The van der Waals surface area contributed by atoms with Gasteiger partial charge >= 0.3 is 0 Å². The largest absolute Gasteiger partial charge is 0.392 e. The number of carbonyl (C=O) groups is 2. The monoisotopic (exact) mass is 616 g/mol. The molecule has 7 aliphatic rings. The molecule has 9 nitrogen and oxygen atoms in total. The highest BCUT2D eigenvalue weighted by atomic mass is 16.7. The van der Waals surface area contributed by atoms with Gasteiger partial charge in [-0.15, -0.1) is 0 Å². The molecule has 6 fully saturated rings. The molecule has 2 saturated heterocycles. The van der Waals surface area contributed by atoms with Crippen molar-refractivity contribution in [2.75, 3.05) is 6.61 Å². The highest BCUT2D eigenvalue weighted by Crippen LogP contribution is 2.87. The first kappa shape index (κ1) is 31.4. The Balaban J connectivity index is 1.15. The number of aliphatic hydroxyl groups excluding tert-OH is 4. The lowest BCUT2D eigenvalue weighted by Gasteiger charge is -2.61. The van der Waals surface area contributed by atoms with Crippen LogP contribution in [0, 0.1) is 44.8 Å². The fraction of sp³-hybridized carbons (Fsp3) is 0.886. The van der Waals surface area contributed by atoms with E-state index in [2.05, 4.69) is 33.8 Å². The van der Waals surface area contributed by atoms with Crippen LogP contribution in [0.25, 0.3) is 0 Å². The van der Waals surface area contributed by atoms with Crippen LogP contribution in [-0.2, 0) is 23.8 Å². The lowest BCUT2D eigenvalue weighted by Crippen LogP contribution is -2.59. The minimum atomic E-state index is -1.33. The normalized spacial score (nSPS) is 53.8. The molecule has 2 spiro atoms. The summed E-state index contributed by atoms with van der Waals surface area (Å²) >= 11 is 0. The van der Waals surface area contributed by atoms with E-state index in [4.69, 9.17) is 14.2 Å². The van der Waals surface area contributed by atoms with Gasteiger partial charge in [-0.1, -0.05) is 46.3 Å². The molecule has 0 radical (unpaired) electrons. The minimum Gasteiger partial charge on any atom is -0.392 e. The summed E-state index contributed by atoms with van der Waals surface area (Å²) in [4.78, 5) is 27.0. The van der Waals surface area contributed by atoms with Crippen molar-refractivity contribution in [1.82, 2.24) is 0 Å². The number of hydrogen-bond acceptors (Lipinski definition) is 9. The predicted molar refractivity (Wildman–Crippen MR) is 159 cm³/mol. The van der Waals surface area contributed by atoms with Gasteiger partial charge in [-0.05, 0) is 74.0 Å². The molecular weight excluding hydrogens is 564 g/mol. The van der Waals surface area contributed by atoms with E-state index < -0.39 is 47.8 Å². The van der Waals surface area contributed by atoms with Crippen molar-refractivity contribution in [1.29, 1.82) is 0 Å². The Kier molecular flexibility index (Phi) is 6.75. The third-order valence-electron chi connectivity index (χ3n) is 14.4. The van der Waals surface area contributed by atoms with Gasteiger partial charge in [0.25, 0.3) is 0 Å². The van der Waals surface area contributed by atoms with Crippen LogP contribution in [0.3, 0.4) is 0 Å². The molecule has 0 aromatic heterocycles. The Morgan fingerprint density at radius 2 is 1.77 bits per heavy atom. The Morgan fingerprint density at radius 3 is 2.43 bits per heavy atom. The fourth-order valence-corrected chi connectivity index (χ4v) is 11.9. The number of epoxide rings is 1. The van der Waals surface area contributed by atoms with Gasteiger partial charge in [-0.2, -0.15) is 0 Å². The second-order valence-electron chi connectivity index (χ2n) is 17.3. The molecule has 9 heteroatoms. The van der Waals surface area contributed by atoms with Crippen LogP contribution in [0.5, 0.6) is 0 Å². The van der Waals surface area contributed by atoms with Gasteiger partial charge < -0.3 is 34.6 Å². The lowest BCUT2D eigenvalue weighted by atomic mass is 9.44. The van der Waals surface area contributed by atoms with E-state index >= 15 is 0 Å². The van der Waals surface area contributed by atoms with Crippen LogP contribution in [0.15, 0.2) is 11.6 Å². The van der Waals surface area contributed by atoms with Gasteiger partial charge in [0.1, 0.15) is 30.2 Å². The van der Waals surface area contributed by atoms with E-state index in [-0.39, 0.29) is 63.7 Å². The van der Waals surface area contributed by atoms with Crippen molar-refractivity contribution in [3.05, 3.63) is 11.6 Å². The summed E-state index contributed by atoms with van der Waals surface area (Å²) in [5.41, 5.74) is -0.761. The molecule has 2 aliphatic heterocycles. The zero-order valence-corrected chi connectivity index (χ0v) is 27.3. The number of rotatable bonds is 6. The molecule has 0 unspecified atom stereocenters. The number of Topliss-reactive ketones (excluding diaryl/α,β-unsaturated/α-hetero) is 2. The van der Waals surface area contributed by atoms with Crippen LogP contribution in [0.4, 0.5) is 0 Å². The van der Waals surface area contributed by atoms with Crippen molar-refractivity contribution in [2.24, 2.45) is 44.8 Å². The van der Waals surface area contributed by atoms with Gasteiger partial charge in [-0.3, -0.25) is 9.59 Å². The zero-order valence-electron chi connectivity index (χ0n) is 27.3. The Labute approximate surface area is 260 Å². The summed E-state index contributed by atoms with van der Waals surface area (Å²) in [6.45, 7) is 14.6. The topological polar surface area (TPSA) is 146 Å². The highest BCUT2D eigenvalue weighted by Gasteiger charge is 2.84. The summed E-state index contributed by atoms with van der Waals surface area (Å²) < 4.78 is 17.6. The quantitative estimate of drug-likeness (QED) is 0.261. The van der Waals surface area contributed by atoms with Crippen LogP contribution in [0.1, 0.15) is 93.4 Å². The molecule has 5 aliphatic carbocycles. The molecule has 4 N–H and O–H groups in total. The van der Waals surface area contributed by atoms with E-state index in [9.17, 15) is 30.0 Å². The highest BCUT2D eigenvalue weighted by molar-refractivity contribution is 5.90. The van der Waals surface area contributed by atoms with Crippen molar-refractivity contribution in [3.63, 3.8) is 0 Å². The molecule has 7 rings (SSSR count). The van der Waals surface area contributed by atoms with Gasteiger partial charge in [-0.25, -0.2) is 0 Å². The first-order valence-corrected chi connectivity index (χ1v) is 16.8. The summed E-state index contributed by atoms with van der Waals surface area (Å²) in [7, 11) is 0. The molecule has 14 atom stereocenters. The summed E-state index contributed by atoms with van der Waals surface area (Å²) in [6.07, 6.45) is 0.934. The molecule has 0 aromatic carbocycles. The van der Waals surface area contributed by atoms with E-state index in [1.807, 2.05) is 20.8 Å². The molecule has 44 heavy (non-hydrogen) atoms. The average Bonchev–Trinajstić information content (AvgIpc) is 3.78. The molecule has 0 amide bonds. The third kappa shape index (κ3) is 3.84. The number of allylic oxidation sites excluding steroid dienone is 1. The number of ketones is 2. The van der Waals surface area contributed by atoms with Gasteiger partial charge in [0.05, 0.1) is 24.4 Å². The van der Waals surface area contributed by atoms with E-state index in [0.717, 1.165) is 25.7 Å². The predicted octanol–water partition coefficient (Wildman–Crippen LogP) is 3.09. The van der Waals surface area contributed by atoms with Gasteiger partial charge in [0.15, 0.2) is 12.1 Å². The second-order valence-corrected chi connectivity index (χ2v) is 17.3. The summed E-state index contributed by atoms with van der Waals surface area (Å²) in [6, 6.07) is 0. The SMILES string of the molecule is C[C@H](CC(=O)[C@@H]1OC1(C)C)[C@@H]1C(=O)C[C@]2(C)C3=CC[C@@H]4C(C)(C)[C@H](O[C@@H]5OC[C@H](O)[C@H](O)[C@@H]5O)CC[C@]45C[C@]35[C@@H](O)C[C@]12C. The number of aliphatic hydroxyl groups is 4. The minimum absolute atomic E-state index is 0.0687. The van der Waals surface area contributed by atoms with Crippen LogP contribution in [0.2, 0.25) is 0 Å². The molecule has 2 heterocycles. The first-order chi connectivity index (χ1) is 20.4. The van der Waals surface area contributed by atoms with Crippen LogP contribution in [-0.4, -0.2) is 87.1 Å². The Morgan fingerprint density at radius 1 is 1.09 bits per heavy atom. The van der Waals surface area contributed by atoms with Crippen LogP contribution >= 0.6 is 0 Å². The standard InChI is InChI=1S/C35H52O9/c1-17(12-18(36)28-31(4,5)44-28)25-19(37)13-32(6)22-9-8-21-30(2,3)24(43-29-27(41)26(40)20(38)15-42-29)10-11-34(21)16-35(22,34)23(39)14-33(25,32)7/h9,17,20-21,23-29,38-41H,8,10-16H2,1-7H3/t17-,20+,21-,23+,24-,25-,26+,27+,28+,29+,32-,33-,34+,35-/m1/s1. The first-order valence-electron chi connectivity index (χ1n) is 16.8. The number of hydrogen-bond donors (Lipinski definition) is 4.